The predicted molar refractivity (Wildman–Crippen MR) is 74.8 cm³/mol. The number of ether oxygens (including phenoxy) is 1. The van der Waals surface area contributed by atoms with E-state index in [4.69, 9.17) is 16.3 Å². The molecule has 1 aromatic carbocycles. The van der Waals surface area contributed by atoms with Gasteiger partial charge < -0.3 is 4.74 Å². The van der Waals surface area contributed by atoms with E-state index in [0.29, 0.717) is 11.3 Å². The van der Waals surface area contributed by atoms with Crippen LogP contribution in [0.5, 0.6) is 5.75 Å². The van der Waals surface area contributed by atoms with Crippen molar-refractivity contribution in [3.63, 3.8) is 0 Å². The van der Waals surface area contributed by atoms with E-state index in [0.717, 1.165) is 0 Å². The average Bonchev–Trinajstić information content (AvgIpc) is 2.41. The lowest BCUT2D eigenvalue weighted by atomic mass is 10.0. The molecule has 0 radical (unpaired) electrons. The molecule has 0 saturated heterocycles. The van der Waals surface area contributed by atoms with Crippen LogP contribution in [0.25, 0.3) is 0 Å². The van der Waals surface area contributed by atoms with Crippen molar-refractivity contribution < 1.29 is 13.9 Å². The zero-order valence-electron chi connectivity index (χ0n) is 11.1. The topological polar surface area (TPSA) is 39.2 Å². The van der Waals surface area contributed by atoms with Crippen LogP contribution in [-0.4, -0.2) is 16.9 Å². The van der Waals surface area contributed by atoms with Gasteiger partial charge in [0.15, 0.2) is 5.78 Å². The Hall–Kier alpha value is -1.94. The first-order chi connectivity index (χ1) is 9.49. The summed E-state index contributed by atoms with van der Waals surface area (Å²) in [6.07, 6.45) is 2.89. The van der Waals surface area contributed by atoms with E-state index in [1.807, 2.05) is 13.8 Å². The van der Waals surface area contributed by atoms with E-state index >= 15 is 0 Å². The number of rotatable bonds is 4. The van der Waals surface area contributed by atoms with Gasteiger partial charge in [0.05, 0.1) is 17.3 Å². The second kappa shape index (κ2) is 6.01. The van der Waals surface area contributed by atoms with Crippen molar-refractivity contribution in [2.75, 3.05) is 0 Å². The van der Waals surface area contributed by atoms with Crippen LogP contribution in [0.15, 0.2) is 36.7 Å². The molecule has 1 aromatic heterocycles. The van der Waals surface area contributed by atoms with Gasteiger partial charge >= 0.3 is 0 Å². The van der Waals surface area contributed by atoms with Gasteiger partial charge in [0.1, 0.15) is 11.6 Å². The highest BCUT2D eigenvalue weighted by Gasteiger charge is 2.16. The number of ketones is 1. The molecule has 1 heterocycles. The van der Waals surface area contributed by atoms with Gasteiger partial charge in [0, 0.05) is 17.3 Å². The molecule has 0 unspecified atom stereocenters. The molecule has 20 heavy (non-hydrogen) atoms. The minimum atomic E-state index is -0.625. The van der Waals surface area contributed by atoms with Crippen LogP contribution in [0.1, 0.15) is 29.8 Å². The molecule has 104 valence electrons. The van der Waals surface area contributed by atoms with Crippen LogP contribution < -0.4 is 4.74 Å². The first-order valence-electron chi connectivity index (χ1n) is 6.09. The summed E-state index contributed by atoms with van der Waals surface area (Å²) >= 11 is 5.81. The SMILES string of the molecule is CC(C)Oc1cncc(C(=O)c2cccc(F)c2Cl)c1. The van der Waals surface area contributed by atoms with Crippen LogP contribution in [0.3, 0.4) is 0 Å². The summed E-state index contributed by atoms with van der Waals surface area (Å²) in [7, 11) is 0. The van der Waals surface area contributed by atoms with E-state index in [9.17, 15) is 9.18 Å². The molecule has 0 amide bonds. The molecular weight excluding hydrogens is 281 g/mol. The highest BCUT2D eigenvalue weighted by molar-refractivity contribution is 6.35. The van der Waals surface area contributed by atoms with Crippen molar-refractivity contribution in [3.05, 3.63) is 58.6 Å². The van der Waals surface area contributed by atoms with Gasteiger partial charge in [0.2, 0.25) is 0 Å². The van der Waals surface area contributed by atoms with Crippen molar-refractivity contribution >= 4 is 17.4 Å². The highest BCUT2D eigenvalue weighted by Crippen LogP contribution is 2.23. The van der Waals surface area contributed by atoms with Crippen molar-refractivity contribution in [2.45, 2.75) is 20.0 Å². The Morgan fingerprint density at radius 3 is 2.80 bits per heavy atom. The fraction of sp³-hybridized carbons (Fsp3) is 0.200. The summed E-state index contributed by atoms with van der Waals surface area (Å²) in [4.78, 5) is 16.3. The molecule has 0 aliphatic carbocycles. The Balaban J connectivity index is 2.36. The van der Waals surface area contributed by atoms with Gasteiger partial charge in [-0.05, 0) is 32.0 Å². The number of hydrogen-bond acceptors (Lipinski definition) is 3. The van der Waals surface area contributed by atoms with Gasteiger partial charge in [-0.3, -0.25) is 9.78 Å². The predicted octanol–water partition coefficient (Wildman–Crippen LogP) is 3.89. The minimum absolute atomic E-state index is 0.0279. The molecule has 3 nitrogen and oxygen atoms in total. The normalized spacial score (nSPS) is 10.7. The third-order valence-electron chi connectivity index (χ3n) is 2.54. The van der Waals surface area contributed by atoms with Crippen LogP contribution in [-0.2, 0) is 0 Å². The highest BCUT2D eigenvalue weighted by atomic mass is 35.5. The number of halogens is 2. The molecule has 5 heteroatoms. The maximum absolute atomic E-state index is 13.4. The van der Waals surface area contributed by atoms with Crippen molar-refractivity contribution in [1.29, 1.82) is 0 Å². The molecule has 0 fully saturated rings. The quantitative estimate of drug-likeness (QED) is 0.803. The van der Waals surface area contributed by atoms with Gasteiger partial charge in [-0.15, -0.1) is 0 Å². The van der Waals surface area contributed by atoms with Gasteiger partial charge in [-0.2, -0.15) is 0 Å². The number of hydrogen-bond donors (Lipinski definition) is 0. The van der Waals surface area contributed by atoms with Crippen LogP contribution in [0.2, 0.25) is 5.02 Å². The lowest BCUT2D eigenvalue weighted by Crippen LogP contribution is -2.08. The molecule has 0 aliphatic rings. The van der Waals surface area contributed by atoms with Crippen LogP contribution >= 0.6 is 11.6 Å². The summed E-state index contributed by atoms with van der Waals surface area (Å²) in [5.41, 5.74) is 0.408. The first kappa shape index (κ1) is 14.5. The zero-order valence-corrected chi connectivity index (χ0v) is 11.8. The molecule has 2 rings (SSSR count). The Labute approximate surface area is 121 Å². The summed E-state index contributed by atoms with van der Waals surface area (Å²) in [6.45, 7) is 3.75. The maximum atomic E-state index is 13.4. The van der Waals surface area contributed by atoms with E-state index < -0.39 is 11.6 Å². The average molecular weight is 294 g/mol. The van der Waals surface area contributed by atoms with E-state index in [1.54, 1.807) is 6.07 Å². The molecule has 2 aromatic rings. The van der Waals surface area contributed by atoms with Crippen molar-refractivity contribution in [3.8, 4) is 5.75 Å². The van der Waals surface area contributed by atoms with Crippen molar-refractivity contribution in [2.24, 2.45) is 0 Å². The fourth-order valence-electron chi connectivity index (χ4n) is 1.71. The number of benzene rings is 1. The summed E-state index contributed by atoms with van der Waals surface area (Å²) in [5.74, 6) is -0.533. The second-order valence-electron chi connectivity index (χ2n) is 4.51. The number of carbonyl (C=O) groups is 1. The van der Waals surface area contributed by atoms with Gasteiger partial charge in [-0.1, -0.05) is 17.7 Å². The number of pyridine rings is 1. The Kier molecular flexibility index (Phi) is 4.35. The Morgan fingerprint density at radius 1 is 1.35 bits per heavy atom. The Morgan fingerprint density at radius 2 is 2.10 bits per heavy atom. The van der Waals surface area contributed by atoms with Gasteiger partial charge in [0.25, 0.3) is 0 Å². The number of carbonyl (C=O) groups excluding carboxylic acids is 1. The smallest absolute Gasteiger partial charge is 0.196 e. The summed E-state index contributed by atoms with van der Waals surface area (Å²) in [6, 6.07) is 5.69. The lowest BCUT2D eigenvalue weighted by Gasteiger charge is -2.10. The van der Waals surface area contributed by atoms with Gasteiger partial charge in [-0.25, -0.2) is 4.39 Å². The largest absolute Gasteiger partial charge is 0.489 e. The second-order valence-corrected chi connectivity index (χ2v) is 4.88. The molecular formula is C15H13ClFNO2. The molecule has 0 saturated carbocycles. The molecule has 0 bridgehead atoms. The van der Waals surface area contributed by atoms with E-state index in [2.05, 4.69) is 4.98 Å². The third-order valence-corrected chi connectivity index (χ3v) is 2.93. The standard InChI is InChI=1S/C15H13ClFNO2/c1-9(2)20-11-6-10(7-18-8-11)15(19)12-4-3-5-13(17)14(12)16/h3-9H,1-2H3. The fourth-order valence-corrected chi connectivity index (χ4v) is 1.93. The maximum Gasteiger partial charge on any atom is 0.196 e. The minimum Gasteiger partial charge on any atom is -0.489 e. The van der Waals surface area contributed by atoms with E-state index in [1.165, 1.54) is 30.6 Å². The molecule has 0 atom stereocenters. The number of aromatic nitrogens is 1. The molecule has 0 N–H and O–H groups in total. The zero-order chi connectivity index (χ0) is 14.7. The number of nitrogens with zero attached hydrogens (tertiary/aromatic N) is 1. The first-order valence-corrected chi connectivity index (χ1v) is 6.47. The van der Waals surface area contributed by atoms with Crippen molar-refractivity contribution in [1.82, 2.24) is 4.98 Å². The summed E-state index contributed by atoms with van der Waals surface area (Å²) < 4.78 is 18.9. The Bertz CT molecular complexity index is 644. The summed E-state index contributed by atoms with van der Waals surface area (Å²) in [5, 5.41) is -0.187. The third kappa shape index (κ3) is 3.14. The van der Waals surface area contributed by atoms with Crippen LogP contribution in [0, 0.1) is 5.82 Å². The van der Waals surface area contributed by atoms with Crippen LogP contribution in [0.4, 0.5) is 4.39 Å². The molecule has 0 aliphatic heterocycles. The van der Waals surface area contributed by atoms with E-state index in [-0.39, 0.29) is 16.7 Å². The lowest BCUT2D eigenvalue weighted by molar-refractivity contribution is 0.103. The molecule has 0 spiro atoms. The monoisotopic (exact) mass is 293 g/mol.